The van der Waals surface area contributed by atoms with E-state index in [4.69, 9.17) is 14.3 Å². The monoisotopic (exact) mass is 406 g/mol. The molecule has 140 valence electrons. The molecule has 0 saturated carbocycles. The summed E-state index contributed by atoms with van der Waals surface area (Å²) in [6.45, 7) is 0.757. The number of cyclic esters (lactones) is 1. The predicted octanol–water partition coefficient (Wildman–Crippen LogP) is -4.00. The van der Waals surface area contributed by atoms with Crippen LogP contribution in [-0.4, -0.2) is 54.0 Å². The zero-order valence-electron chi connectivity index (χ0n) is 14.9. The number of carbonyl (C=O) groups is 4. The molecule has 2 aliphatic rings. The van der Waals surface area contributed by atoms with Crippen LogP contribution in [0.4, 0.5) is 5.00 Å². The first-order valence-corrected chi connectivity index (χ1v) is 8.47. The van der Waals surface area contributed by atoms with Gasteiger partial charge in [0.25, 0.3) is 11.4 Å². The van der Waals surface area contributed by atoms with Gasteiger partial charge >= 0.3 is 41.4 Å². The first kappa shape index (κ1) is 21.8. The largest absolute Gasteiger partial charge is 1.00 e. The van der Waals surface area contributed by atoms with E-state index in [1.165, 1.54) is 25.4 Å². The normalized spacial score (nSPS) is 27.3. The Morgan fingerprint density at radius 1 is 1.41 bits per heavy atom. The summed E-state index contributed by atoms with van der Waals surface area (Å²) in [5, 5.41) is 14.2. The van der Waals surface area contributed by atoms with Crippen molar-refractivity contribution in [3.63, 3.8) is 0 Å². The molecule has 12 heteroatoms. The van der Waals surface area contributed by atoms with E-state index in [2.05, 4.69) is 0 Å². The molecule has 2 atom stereocenters. The van der Waals surface area contributed by atoms with E-state index < -0.39 is 41.8 Å². The van der Waals surface area contributed by atoms with Gasteiger partial charge in [-0.25, -0.2) is 0 Å². The number of aliphatic carboxylic acids is 1. The van der Waals surface area contributed by atoms with Crippen LogP contribution in [0.3, 0.4) is 0 Å². The average molecular weight is 406 g/mol. The zero-order valence-corrected chi connectivity index (χ0v) is 17.7. The van der Waals surface area contributed by atoms with Crippen LogP contribution in [0.5, 0.6) is 0 Å². The molecule has 27 heavy (non-hydrogen) atoms. The molecule has 0 N–H and O–H groups in total. The number of esters is 1. The Labute approximate surface area is 180 Å². The molecule has 1 aromatic rings. The average Bonchev–Trinajstić information content (AvgIpc) is 3.29. The van der Waals surface area contributed by atoms with Crippen molar-refractivity contribution in [3.05, 3.63) is 17.5 Å². The molecule has 0 bridgehead atoms. The van der Waals surface area contributed by atoms with Gasteiger partial charge in [0, 0.05) is 20.5 Å². The van der Waals surface area contributed by atoms with Gasteiger partial charge in [0.15, 0.2) is 0 Å². The summed E-state index contributed by atoms with van der Waals surface area (Å²) in [4.78, 5) is 54.8. The number of nitrogens with zero attached hydrogens (tertiary/aromatic N) is 2. The van der Waals surface area contributed by atoms with E-state index in [1.807, 2.05) is 0 Å². The number of anilines is 1. The summed E-state index contributed by atoms with van der Waals surface area (Å²) < 4.78 is 10.2. The molecule has 0 aliphatic carbocycles. The van der Waals surface area contributed by atoms with Crippen LogP contribution < -0.4 is 39.6 Å². The van der Waals surface area contributed by atoms with Crippen molar-refractivity contribution < 1.29 is 68.2 Å². The van der Waals surface area contributed by atoms with Gasteiger partial charge in [-0.3, -0.25) is 24.1 Å². The molecule has 2 fully saturated rings. The van der Waals surface area contributed by atoms with Crippen molar-refractivity contribution in [2.24, 2.45) is 0 Å². The summed E-state index contributed by atoms with van der Waals surface area (Å²) in [7, 11) is 1.20. The Balaban J connectivity index is 0.00000261. The van der Waals surface area contributed by atoms with Crippen molar-refractivity contribution >= 4 is 40.1 Å². The fourth-order valence-corrected chi connectivity index (χ4v) is 3.85. The van der Waals surface area contributed by atoms with Crippen LogP contribution in [0.15, 0.2) is 17.5 Å². The molecule has 0 spiro atoms. The maximum absolute atomic E-state index is 13.1. The van der Waals surface area contributed by atoms with E-state index in [0.717, 1.165) is 4.90 Å². The van der Waals surface area contributed by atoms with Gasteiger partial charge in [-0.05, 0) is 17.5 Å². The van der Waals surface area contributed by atoms with Crippen LogP contribution in [0.2, 0.25) is 0 Å². The van der Waals surface area contributed by atoms with Crippen LogP contribution in [-0.2, 0) is 33.5 Å². The molecule has 3 rings (SSSR count). The minimum Gasteiger partial charge on any atom is -0.544 e. The van der Waals surface area contributed by atoms with E-state index in [1.54, 1.807) is 17.5 Å². The number of carboxylic acid groups (broad SMARTS) is 1. The van der Waals surface area contributed by atoms with Crippen LogP contribution in [0, 0.1) is 0 Å². The second-order valence-corrected chi connectivity index (χ2v) is 6.64. The standard InChI is InChI=1S/C15H16N2O8S.Na/c1-9(18)16(10-4-3-7-26-10)15(23-2)8-24-17(12(15)20)14(13(21)22)6-5-11(19)25-14;/h3-4,7H,5-6,8H2,1-2H3,(H,21,22);/q;+1/p-1. The van der Waals surface area contributed by atoms with Crippen LogP contribution >= 0.6 is 11.3 Å². The third-order valence-corrected chi connectivity index (χ3v) is 5.10. The molecule has 2 aliphatic heterocycles. The summed E-state index contributed by atoms with van der Waals surface area (Å²) in [6.07, 6.45) is -0.554. The fraction of sp³-hybridized carbons (Fsp3) is 0.467. The maximum Gasteiger partial charge on any atom is 1.00 e. The van der Waals surface area contributed by atoms with Gasteiger partial charge in [-0.15, -0.1) is 11.3 Å². The van der Waals surface area contributed by atoms with Crippen molar-refractivity contribution in [2.45, 2.75) is 31.2 Å². The Hall–Kier alpha value is -1.50. The number of carbonyl (C=O) groups excluding carboxylic acids is 4. The predicted molar refractivity (Wildman–Crippen MR) is 83.1 cm³/mol. The number of hydroxylamine groups is 2. The van der Waals surface area contributed by atoms with E-state index in [0.29, 0.717) is 10.1 Å². The van der Waals surface area contributed by atoms with E-state index in [9.17, 15) is 24.3 Å². The first-order valence-electron chi connectivity index (χ1n) is 7.59. The van der Waals surface area contributed by atoms with Gasteiger partial charge in [-0.2, -0.15) is 5.06 Å². The minimum absolute atomic E-state index is 0. The van der Waals surface area contributed by atoms with Gasteiger partial charge in [0.05, 0.1) is 6.42 Å². The summed E-state index contributed by atoms with van der Waals surface area (Å²) in [5.41, 5.74) is -4.33. The molecule has 0 aromatic carbocycles. The molecule has 1 aromatic heterocycles. The number of methoxy groups -OCH3 is 1. The topological polar surface area (TPSA) is 126 Å². The van der Waals surface area contributed by atoms with E-state index in [-0.39, 0.29) is 42.4 Å². The second-order valence-electron chi connectivity index (χ2n) is 5.71. The molecular weight excluding hydrogens is 391 g/mol. The molecule has 2 unspecified atom stereocenters. The van der Waals surface area contributed by atoms with Gasteiger partial charge in [0.1, 0.15) is 17.6 Å². The molecule has 3 heterocycles. The van der Waals surface area contributed by atoms with Crippen molar-refractivity contribution in [3.8, 4) is 0 Å². The summed E-state index contributed by atoms with van der Waals surface area (Å²) >= 11 is 1.19. The smallest absolute Gasteiger partial charge is 0.544 e. The van der Waals surface area contributed by atoms with Crippen LogP contribution in [0.1, 0.15) is 19.8 Å². The number of rotatable bonds is 5. The maximum atomic E-state index is 13.1. The summed E-state index contributed by atoms with van der Waals surface area (Å²) in [5.74, 6) is -4.10. The minimum atomic E-state index is -2.40. The summed E-state index contributed by atoms with van der Waals surface area (Å²) in [6, 6.07) is 3.28. The van der Waals surface area contributed by atoms with Crippen molar-refractivity contribution in [1.29, 1.82) is 0 Å². The number of ether oxygens (including phenoxy) is 2. The second kappa shape index (κ2) is 7.86. The van der Waals surface area contributed by atoms with Gasteiger partial charge in [0.2, 0.25) is 5.91 Å². The van der Waals surface area contributed by atoms with Crippen molar-refractivity contribution in [1.82, 2.24) is 5.06 Å². The fourth-order valence-electron chi connectivity index (χ4n) is 3.01. The Kier molecular flexibility index (Phi) is 6.34. The quantitative estimate of drug-likeness (QED) is 0.275. The van der Waals surface area contributed by atoms with Gasteiger partial charge < -0.3 is 19.4 Å². The zero-order chi connectivity index (χ0) is 19.1. The van der Waals surface area contributed by atoms with Gasteiger partial charge in [-0.1, -0.05) is 0 Å². The molecule has 0 radical (unpaired) electrons. The Bertz CT molecular complexity index is 772. The van der Waals surface area contributed by atoms with E-state index >= 15 is 0 Å². The number of hydrogen-bond acceptors (Lipinski definition) is 9. The molecule has 2 saturated heterocycles. The number of thiophene rings is 1. The van der Waals surface area contributed by atoms with Crippen molar-refractivity contribution in [2.75, 3.05) is 18.6 Å². The Morgan fingerprint density at radius 2 is 2.11 bits per heavy atom. The third kappa shape index (κ3) is 3.28. The molecule has 2 amide bonds. The molecular formula is C15H15N2NaO8S. The number of amides is 2. The first-order chi connectivity index (χ1) is 12.3. The number of carboxylic acids is 1. The SMILES string of the molecule is COC1(N(C(C)=O)c2cccs2)CON(C2(C(=O)[O-])CCC(=O)O2)C1=O.[Na+]. The third-order valence-electron chi connectivity index (χ3n) is 4.25. The Morgan fingerprint density at radius 3 is 2.56 bits per heavy atom. The number of hydrogen-bond donors (Lipinski definition) is 0. The molecule has 10 nitrogen and oxygen atoms in total. The van der Waals surface area contributed by atoms with Crippen LogP contribution in [0.25, 0.3) is 0 Å².